The van der Waals surface area contributed by atoms with Crippen LogP contribution in [0.1, 0.15) is 39.5 Å². The van der Waals surface area contributed by atoms with Crippen molar-refractivity contribution >= 4 is 12.4 Å². The smallest absolute Gasteiger partial charge is 0.00773 e. The first-order valence-electron chi connectivity index (χ1n) is 4.64. The van der Waals surface area contributed by atoms with E-state index in [4.69, 9.17) is 5.73 Å². The zero-order valence-corrected chi connectivity index (χ0v) is 9.07. The minimum Gasteiger partial charge on any atom is -0.330 e. The lowest BCUT2D eigenvalue weighted by atomic mass is 10.1. The van der Waals surface area contributed by atoms with Gasteiger partial charge >= 0.3 is 0 Å². The molecule has 0 unspecified atom stereocenters. The van der Waals surface area contributed by atoms with E-state index in [-0.39, 0.29) is 12.4 Å². The third-order valence-corrected chi connectivity index (χ3v) is 1.60. The summed E-state index contributed by atoms with van der Waals surface area (Å²) in [6, 6.07) is 0. The molecule has 0 saturated heterocycles. The maximum atomic E-state index is 5.37. The summed E-state index contributed by atoms with van der Waals surface area (Å²) in [5.41, 5.74) is 5.37. The van der Waals surface area contributed by atoms with Crippen molar-refractivity contribution in [3.05, 3.63) is 12.2 Å². The summed E-state index contributed by atoms with van der Waals surface area (Å²) in [4.78, 5) is 0. The number of halogens is 1. The van der Waals surface area contributed by atoms with Crippen molar-refractivity contribution in [1.82, 2.24) is 0 Å². The molecule has 0 amide bonds. The third-order valence-electron chi connectivity index (χ3n) is 1.60. The van der Waals surface area contributed by atoms with E-state index in [1.54, 1.807) is 0 Å². The Hall–Kier alpha value is -0.0100. The lowest BCUT2D eigenvalue weighted by Crippen LogP contribution is -1.97. The fraction of sp³-hybridized carbons (Fsp3) is 0.800. The summed E-state index contributed by atoms with van der Waals surface area (Å²) in [5.74, 6) is 0.699. The summed E-state index contributed by atoms with van der Waals surface area (Å²) < 4.78 is 0. The fourth-order valence-corrected chi connectivity index (χ4v) is 0.952. The van der Waals surface area contributed by atoms with Gasteiger partial charge in [0.1, 0.15) is 0 Å². The van der Waals surface area contributed by atoms with Crippen molar-refractivity contribution in [2.24, 2.45) is 11.7 Å². The predicted octanol–water partition coefficient (Wildman–Crippen LogP) is 3.14. The van der Waals surface area contributed by atoms with Gasteiger partial charge in [0, 0.05) is 0 Å². The molecule has 0 aliphatic carbocycles. The molecule has 0 aliphatic rings. The zero-order valence-electron chi connectivity index (χ0n) is 8.25. The van der Waals surface area contributed by atoms with Gasteiger partial charge in [0.15, 0.2) is 0 Å². The molecule has 0 aromatic carbocycles. The number of hydrogen-bond acceptors (Lipinski definition) is 1. The van der Waals surface area contributed by atoms with Crippen LogP contribution in [0, 0.1) is 5.92 Å². The average molecular weight is 192 g/mol. The van der Waals surface area contributed by atoms with E-state index in [1.807, 2.05) is 0 Å². The Kier molecular flexibility index (Phi) is 13.3. The van der Waals surface area contributed by atoms with Crippen LogP contribution in [0.5, 0.6) is 0 Å². The quantitative estimate of drug-likeness (QED) is 0.507. The van der Waals surface area contributed by atoms with Crippen LogP contribution in [-0.2, 0) is 0 Å². The molecule has 0 saturated carbocycles. The molecule has 74 valence electrons. The molecule has 0 fully saturated rings. The molecule has 0 aromatic rings. The van der Waals surface area contributed by atoms with E-state index in [9.17, 15) is 0 Å². The number of rotatable bonds is 6. The number of nitrogens with two attached hydrogens (primary N) is 1. The van der Waals surface area contributed by atoms with Crippen LogP contribution < -0.4 is 5.73 Å². The molecule has 0 atom stereocenters. The maximum Gasteiger partial charge on any atom is -0.00773 e. The summed E-state index contributed by atoms with van der Waals surface area (Å²) in [6.07, 6.45) is 9.51. The zero-order chi connectivity index (χ0) is 8.53. The minimum atomic E-state index is 0. The Morgan fingerprint density at radius 2 is 1.83 bits per heavy atom. The highest BCUT2D eigenvalue weighted by atomic mass is 35.5. The standard InChI is InChI=1S/C10H21N.ClH/c1-10(2)8-6-4-3-5-7-9-11;/h6,8,10H,3-5,7,9,11H2,1-2H3;1H/b8-6+;. The normalized spacial score (nSPS) is 10.7. The van der Waals surface area contributed by atoms with Crippen molar-refractivity contribution in [1.29, 1.82) is 0 Å². The predicted molar refractivity (Wildman–Crippen MR) is 58.7 cm³/mol. The molecule has 1 nitrogen and oxygen atoms in total. The second-order valence-corrected chi connectivity index (χ2v) is 3.31. The van der Waals surface area contributed by atoms with Crippen molar-refractivity contribution < 1.29 is 0 Å². The van der Waals surface area contributed by atoms with Crippen LogP contribution in [0.25, 0.3) is 0 Å². The molecule has 2 N–H and O–H groups in total. The third kappa shape index (κ3) is 12.6. The minimum absolute atomic E-state index is 0. The lowest BCUT2D eigenvalue weighted by molar-refractivity contribution is 0.692. The van der Waals surface area contributed by atoms with Gasteiger partial charge in [-0.2, -0.15) is 0 Å². The second-order valence-electron chi connectivity index (χ2n) is 3.31. The summed E-state index contributed by atoms with van der Waals surface area (Å²) >= 11 is 0. The SMILES string of the molecule is CC(C)/C=C/CCCCCN.Cl. The highest BCUT2D eigenvalue weighted by Gasteiger charge is 1.85. The monoisotopic (exact) mass is 191 g/mol. The largest absolute Gasteiger partial charge is 0.330 e. The molecule has 12 heavy (non-hydrogen) atoms. The summed E-state index contributed by atoms with van der Waals surface area (Å²) in [6.45, 7) is 5.25. The van der Waals surface area contributed by atoms with Crippen LogP contribution >= 0.6 is 12.4 Å². The van der Waals surface area contributed by atoms with E-state index in [2.05, 4.69) is 26.0 Å². The molecular weight excluding hydrogens is 170 g/mol. The van der Waals surface area contributed by atoms with Gasteiger partial charge in [0.05, 0.1) is 0 Å². The van der Waals surface area contributed by atoms with E-state index in [0.29, 0.717) is 5.92 Å². The van der Waals surface area contributed by atoms with Crippen LogP contribution in [0.2, 0.25) is 0 Å². The first kappa shape index (κ1) is 14.5. The van der Waals surface area contributed by atoms with Gasteiger partial charge in [-0.05, 0) is 31.7 Å². The summed E-state index contributed by atoms with van der Waals surface area (Å²) in [7, 11) is 0. The Bertz CT molecular complexity index is 100. The fourth-order valence-electron chi connectivity index (χ4n) is 0.952. The Balaban J connectivity index is 0. The van der Waals surface area contributed by atoms with Gasteiger partial charge in [-0.1, -0.05) is 32.4 Å². The van der Waals surface area contributed by atoms with Crippen LogP contribution in [0.4, 0.5) is 0 Å². The number of unbranched alkanes of at least 4 members (excludes halogenated alkanes) is 3. The second kappa shape index (κ2) is 11.0. The molecular formula is C10H22ClN. The topological polar surface area (TPSA) is 26.0 Å². The van der Waals surface area contributed by atoms with E-state index in [1.165, 1.54) is 25.7 Å². The molecule has 0 aromatic heterocycles. The molecule has 0 heterocycles. The Morgan fingerprint density at radius 1 is 1.17 bits per heavy atom. The van der Waals surface area contributed by atoms with Gasteiger partial charge in [0.2, 0.25) is 0 Å². The van der Waals surface area contributed by atoms with Crippen LogP contribution in [0.3, 0.4) is 0 Å². The molecule has 2 heteroatoms. The van der Waals surface area contributed by atoms with Gasteiger partial charge in [-0.15, -0.1) is 12.4 Å². The molecule has 0 aliphatic heterocycles. The Morgan fingerprint density at radius 3 is 2.33 bits per heavy atom. The lowest BCUT2D eigenvalue weighted by Gasteiger charge is -1.95. The number of hydrogen-bond donors (Lipinski definition) is 1. The van der Waals surface area contributed by atoms with Crippen molar-refractivity contribution in [2.75, 3.05) is 6.54 Å². The number of allylic oxidation sites excluding steroid dienone is 2. The molecule has 0 rings (SSSR count). The van der Waals surface area contributed by atoms with Gasteiger partial charge in [-0.3, -0.25) is 0 Å². The first-order valence-corrected chi connectivity index (χ1v) is 4.64. The van der Waals surface area contributed by atoms with Crippen LogP contribution in [0.15, 0.2) is 12.2 Å². The van der Waals surface area contributed by atoms with Gasteiger partial charge in [0.25, 0.3) is 0 Å². The van der Waals surface area contributed by atoms with Crippen molar-refractivity contribution in [2.45, 2.75) is 39.5 Å². The van der Waals surface area contributed by atoms with Crippen molar-refractivity contribution in [3.8, 4) is 0 Å². The molecule has 0 radical (unpaired) electrons. The van der Waals surface area contributed by atoms with Crippen LogP contribution in [-0.4, -0.2) is 6.54 Å². The highest BCUT2D eigenvalue weighted by Crippen LogP contribution is 2.01. The average Bonchev–Trinajstić information content (AvgIpc) is 1.96. The van der Waals surface area contributed by atoms with E-state index < -0.39 is 0 Å². The highest BCUT2D eigenvalue weighted by molar-refractivity contribution is 5.85. The van der Waals surface area contributed by atoms with E-state index in [0.717, 1.165) is 6.54 Å². The van der Waals surface area contributed by atoms with E-state index >= 15 is 0 Å². The maximum absolute atomic E-state index is 5.37. The van der Waals surface area contributed by atoms with Gasteiger partial charge < -0.3 is 5.73 Å². The molecule has 0 spiro atoms. The Labute approximate surface area is 82.8 Å². The first-order chi connectivity index (χ1) is 5.27. The van der Waals surface area contributed by atoms with Crippen molar-refractivity contribution in [3.63, 3.8) is 0 Å². The molecule has 0 bridgehead atoms. The summed E-state index contributed by atoms with van der Waals surface area (Å²) in [5, 5.41) is 0. The van der Waals surface area contributed by atoms with Gasteiger partial charge in [-0.25, -0.2) is 0 Å².